The zero-order valence-corrected chi connectivity index (χ0v) is 23.0. The van der Waals surface area contributed by atoms with E-state index in [1.807, 2.05) is 19.9 Å². The van der Waals surface area contributed by atoms with Crippen LogP contribution in [-0.4, -0.2) is 55.5 Å². The minimum atomic E-state index is -0.957. The Morgan fingerprint density at radius 1 is 0.842 bits per heavy atom. The predicted octanol–water partition coefficient (Wildman–Crippen LogP) is 3.33. The van der Waals surface area contributed by atoms with Crippen molar-refractivity contribution in [3.05, 3.63) is 60.7 Å². The SMILES string of the molecule is COC(=O)C(C)N(C(=O)C(NC(=O)C(CC(C)C)NC(=O)COc1ccccc1)C(C)C)c1ccccc1. The van der Waals surface area contributed by atoms with Crippen LogP contribution in [0.3, 0.4) is 0 Å². The van der Waals surface area contributed by atoms with E-state index in [4.69, 9.17) is 9.47 Å². The van der Waals surface area contributed by atoms with Gasteiger partial charge in [-0.2, -0.15) is 0 Å². The molecule has 3 amide bonds. The smallest absolute Gasteiger partial charge is 0.328 e. The zero-order valence-electron chi connectivity index (χ0n) is 23.0. The summed E-state index contributed by atoms with van der Waals surface area (Å²) in [4.78, 5) is 53.5. The third-order valence-electron chi connectivity index (χ3n) is 5.90. The first kappa shape index (κ1) is 30.3. The Balaban J connectivity index is 2.22. The lowest BCUT2D eigenvalue weighted by Crippen LogP contribution is -2.58. The lowest BCUT2D eigenvalue weighted by molar-refractivity contribution is -0.143. The number of esters is 1. The summed E-state index contributed by atoms with van der Waals surface area (Å²) in [6.45, 7) is 8.80. The zero-order chi connectivity index (χ0) is 28.2. The number of rotatable bonds is 13. The summed E-state index contributed by atoms with van der Waals surface area (Å²) in [6.07, 6.45) is 0.364. The van der Waals surface area contributed by atoms with Gasteiger partial charge in [0.2, 0.25) is 5.91 Å². The van der Waals surface area contributed by atoms with Crippen molar-refractivity contribution >= 4 is 29.4 Å². The number of carbonyl (C=O) groups excluding carboxylic acids is 4. The molecule has 9 nitrogen and oxygen atoms in total. The molecule has 3 unspecified atom stereocenters. The van der Waals surface area contributed by atoms with Gasteiger partial charge in [0.15, 0.2) is 6.61 Å². The first-order valence-electron chi connectivity index (χ1n) is 12.8. The van der Waals surface area contributed by atoms with E-state index >= 15 is 0 Å². The van der Waals surface area contributed by atoms with Gasteiger partial charge in [0.25, 0.3) is 11.8 Å². The van der Waals surface area contributed by atoms with Crippen molar-refractivity contribution < 1.29 is 28.7 Å². The monoisotopic (exact) mass is 525 g/mol. The van der Waals surface area contributed by atoms with E-state index in [-0.39, 0.29) is 18.4 Å². The Morgan fingerprint density at radius 3 is 1.95 bits per heavy atom. The normalized spacial score (nSPS) is 13.3. The summed E-state index contributed by atoms with van der Waals surface area (Å²) in [6, 6.07) is 14.9. The molecule has 0 radical (unpaired) electrons. The molecule has 0 heterocycles. The molecule has 0 aliphatic rings. The third kappa shape index (κ3) is 8.90. The maximum atomic E-state index is 13.8. The first-order valence-corrected chi connectivity index (χ1v) is 12.8. The van der Waals surface area contributed by atoms with E-state index < -0.39 is 41.8 Å². The molecule has 38 heavy (non-hydrogen) atoms. The van der Waals surface area contributed by atoms with E-state index in [9.17, 15) is 19.2 Å². The summed E-state index contributed by atoms with van der Waals surface area (Å²) in [7, 11) is 1.26. The van der Waals surface area contributed by atoms with E-state index in [0.29, 0.717) is 17.9 Å². The maximum absolute atomic E-state index is 13.8. The van der Waals surface area contributed by atoms with Crippen LogP contribution < -0.4 is 20.3 Å². The largest absolute Gasteiger partial charge is 0.484 e. The van der Waals surface area contributed by atoms with Crippen molar-refractivity contribution in [1.82, 2.24) is 10.6 Å². The second kappa shape index (κ2) is 14.8. The Bertz CT molecular complexity index is 1060. The molecule has 0 spiro atoms. The van der Waals surface area contributed by atoms with E-state index in [1.165, 1.54) is 12.0 Å². The van der Waals surface area contributed by atoms with Crippen molar-refractivity contribution in [3.8, 4) is 5.75 Å². The number of hydrogen-bond donors (Lipinski definition) is 2. The van der Waals surface area contributed by atoms with Crippen LogP contribution >= 0.6 is 0 Å². The molecule has 0 aliphatic heterocycles. The predicted molar refractivity (Wildman–Crippen MR) is 145 cm³/mol. The van der Waals surface area contributed by atoms with Gasteiger partial charge in [0.05, 0.1) is 7.11 Å². The van der Waals surface area contributed by atoms with Gasteiger partial charge in [-0.15, -0.1) is 0 Å². The maximum Gasteiger partial charge on any atom is 0.328 e. The number of ether oxygens (including phenoxy) is 2. The third-order valence-corrected chi connectivity index (χ3v) is 5.90. The molecular weight excluding hydrogens is 486 g/mol. The number of anilines is 1. The van der Waals surface area contributed by atoms with Crippen molar-refractivity contribution in [3.63, 3.8) is 0 Å². The molecule has 3 atom stereocenters. The van der Waals surface area contributed by atoms with Crippen LogP contribution in [-0.2, 0) is 23.9 Å². The first-order chi connectivity index (χ1) is 18.0. The topological polar surface area (TPSA) is 114 Å². The van der Waals surface area contributed by atoms with Gasteiger partial charge >= 0.3 is 5.97 Å². The van der Waals surface area contributed by atoms with E-state index in [1.54, 1.807) is 75.4 Å². The second-order valence-corrected chi connectivity index (χ2v) is 9.82. The molecule has 0 bridgehead atoms. The standard InChI is InChI=1S/C29H39N3O6/c1-19(2)17-24(30-25(33)18-38-23-15-11-8-12-16-23)27(34)31-26(20(3)4)28(35)32(21(5)29(36)37-6)22-13-9-7-10-14-22/h7-16,19-21,24,26H,17-18H2,1-6H3,(H,30,33)(H,31,34). The van der Waals surface area contributed by atoms with Crippen LogP contribution in [0.5, 0.6) is 5.75 Å². The molecule has 0 fully saturated rings. The average Bonchev–Trinajstić information content (AvgIpc) is 2.90. The number of nitrogens with one attached hydrogen (secondary N) is 2. The Labute approximate surface area is 224 Å². The summed E-state index contributed by atoms with van der Waals surface area (Å²) in [5, 5.41) is 5.56. The lowest BCUT2D eigenvalue weighted by atomic mass is 9.98. The molecule has 0 saturated carbocycles. The molecule has 2 N–H and O–H groups in total. The van der Waals surface area contributed by atoms with Gasteiger partial charge in [0.1, 0.15) is 23.9 Å². The van der Waals surface area contributed by atoms with Crippen molar-refractivity contribution in [2.75, 3.05) is 18.6 Å². The van der Waals surface area contributed by atoms with Gasteiger partial charge in [-0.3, -0.25) is 19.3 Å². The summed E-state index contributed by atoms with van der Waals surface area (Å²) >= 11 is 0. The van der Waals surface area contributed by atoms with E-state index in [0.717, 1.165) is 0 Å². The minimum absolute atomic E-state index is 0.0921. The number of benzene rings is 2. The van der Waals surface area contributed by atoms with Gasteiger partial charge in [-0.1, -0.05) is 64.1 Å². The number of nitrogens with zero attached hydrogens (tertiary/aromatic N) is 1. The molecule has 206 valence electrons. The van der Waals surface area contributed by atoms with Crippen molar-refractivity contribution in [2.24, 2.45) is 11.8 Å². The molecule has 2 aromatic carbocycles. The minimum Gasteiger partial charge on any atom is -0.484 e. The van der Waals surface area contributed by atoms with Crippen LogP contribution in [0, 0.1) is 11.8 Å². The van der Waals surface area contributed by atoms with Gasteiger partial charge in [-0.05, 0) is 49.4 Å². The Kier molecular flexibility index (Phi) is 11.8. The Morgan fingerprint density at radius 2 is 1.42 bits per heavy atom. The highest BCUT2D eigenvalue weighted by Crippen LogP contribution is 2.21. The molecule has 0 saturated heterocycles. The van der Waals surface area contributed by atoms with Crippen LogP contribution in [0.1, 0.15) is 41.0 Å². The van der Waals surface area contributed by atoms with Crippen molar-refractivity contribution in [1.29, 1.82) is 0 Å². The highest BCUT2D eigenvalue weighted by molar-refractivity contribution is 6.04. The number of hydrogen-bond acceptors (Lipinski definition) is 6. The molecular formula is C29H39N3O6. The lowest BCUT2D eigenvalue weighted by Gasteiger charge is -2.33. The van der Waals surface area contributed by atoms with Gasteiger partial charge in [-0.25, -0.2) is 4.79 Å². The van der Waals surface area contributed by atoms with E-state index in [2.05, 4.69) is 10.6 Å². The fourth-order valence-electron chi connectivity index (χ4n) is 3.93. The molecule has 2 aromatic rings. The Hall–Kier alpha value is -3.88. The fraction of sp³-hybridized carbons (Fsp3) is 0.448. The highest BCUT2D eigenvalue weighted by Gasteiger charge is 2.36. The van der Waals surface area contributed by atoms with Crippen LogP contribution in [0.4, 0.5) is 5.69 Å². The summed E-state index contributed by atoms with van der Waals surface area (Å²) in [5.41, 5.74) is 0.500. The summed E-state index contributed by atoms with van der Waals surface area (Å²) < 4.78 is 10.4. The molecule has 0 aliphatic carbocycles. The summed E-state index contributed by atoms with van der Waals surface area (Å²) in [5.74, 6) is -1.66. The quantitative estimate of drug-likeness (QED) is 0.388. The number of amides is 3. The van der Waals surface area contributed by atoms with Crippen LogP contribution in [0.2, 0.25) is 0 Å². The van der Waals surface area contributed by atoms with Crippen LogP contribution in [0.15, 0.2) is 60.7 Å². The average molecular weight is 526 g/mol. The molecule has 9 heteroatoms. The van der Waals surface area contributed by atoms with Gasteiger partial charge < -0.3 is 20.1 Å². The van der Waals surface area contributed by atoms with Crippen LogP contribution in [0.25, 0.3) is 0 Å². The number of carbonyl (C=O) groups is 4. The second-order valence-electron chi connectivity index (χ2n) is 9.82. The number of methoxy groups -OCH3 is 1. The molecule has 0 aromatic heterocycles. The molecule has 2 rings (SSSR count). The highest BCUT2D eigenvalue weighted by atomic mass is 16.5. The van der Waals surface area contributed by atoms with Crippen molar-refractivity contribution in [2.45, 2.75) is 59.2 Å². The number of para-hydroxylation sites is 2. The fourth-order valence-corrected chi connectivity index (χ4v) is 3.93. The van der Waals surface area contributed by atoms with Gasteiger partial charge in [0, 0.05) is 5.69 Å².